The van der Waals surface area contributed by atoms with E-state index in [1.165, 1.54) is 19.3 Å². The molecular formula is C16H27N5. The summed E-state index contributed by atoms with van der Waals surface area (Å²) in [5.41, 5.74) is 6.98. The Morgan fingerprint density at radius 2 is 2.05 bits per heavy atom. The first-order valence-electron chi connectivity index (χ1n) is 7.72. The second-order valence-corrected chi connectivity index (χ2v) is 6.65. The number of nitrogens with one attached hydrogen (secondary N) is 1. The Labute approximate surface area is 127 Å². The van der Waals surface area contributed by atoms with Gasteiger partial charge in [-0.2, -0.15) is 0 Å². The van der Waals surface area contributed by atoms with Crippen LogP contribution in [0.25, 0.3) is 0 Å². The van der Waals surface area contributed by atoms with Gasteiger partial charge in [0.05, 0.1) is 6.54 Å². The van der Waals surface area contributed by atoms with Gasteiger partial charge in [-0.15, -0.1) is 0 Å². The molecule has 2 heterocycles. The molecule has 1 aliphatic rings. The minimum atomic E-state index is -0.0647. The van der Waals surface area contributed by atoms with E-state index in [9.17, 15) is 0 Å². The van der Waals surface area contributed by atoms with Crippen LogP contribution >= 0.6 is 0 Å². The molecule has 116 valence electrons. The molecule has 1 saturated heterocycles. The van der Waals surface area contributed by atoms with Crippen LogP contribution in [0.15, 0.2) is 23.3 Å². The average molecular weight is 289 g/mol. The van der Waals surface area contributed by atoms with Gasteiger partial charge in [0.1, 0.15) is 5.82 Å². The van der Waals surface area contributed by atoms with Gasteiger partial charge >= 0.3 is 0 Å². The highest BCUT2D eigenvalue weighted by Crippen LogP contribution is 2.18. The van der Waals surface area contributed by atoms with E-state index in [0.717, 1.165) is 24.5 Å². The Balaban J connectivity index is 1.99. The predicted molar refractivity (Wildman–Crippen MR) is 88.5 cm³/mol. The topological polar surface area (TPSA) is 66.5 Å². The number of aliphatic imine (C=N–C) groups is 1. The van der Waals surface area contributed by atoms with Gasteiger partial charge in [-0.05, 0) is 57.7 Å². The molecule has 0 aromatic carbocycles. The molecule has 0 radical (unpaired) electrons. The minimum absolute atomic E-state index is 0.0647. The van der Waals surface area contributed by atoms with Crippen LogP contribution in [0.4, 0.5) is 5.82 Å². The van der Waals surface area contributed by atoms with Crippen molar-refractivity contribution in [3.05, 3.63) is 23.9 Å². The molecule has 5 heteroatoms. The number of hydrogen-bond donors (Lipinski definition) is 2. The van der Waals surface area contributed by atoms with Crippen molar-refractivity contribution < 1.29 is 0 Å². The molecule has 1 aromatic heterocycles. The maximum atomic E-state index is 5.90. The summed E-state index contributed by atoms with van der Waals surface area (Å²) < 4.78 is 0. The van der Waals surface area contributed by atoms with Crippen molar-refractivity contribution in [1.29, 1.82) is 0 Å². The molecule has 3 N–H and O–H groups in total. The van der Waals surface area contributed by atoms with Crippen LogP contribution in [0.3, 0.4) is 0 Å². The van der Waals surface area contributed by atoms with Crippen LogP contribution < -0.4 is 16.0 Å². The molecule has 2 rings (SSSR count). The summed E-state index contributed by atoms with van der Waals surface area (Å²) >= 11 is 0. The number of nitrogens with zero attached hydrogens (tertiary/aromatic N) is 3. The van der Waals surface area contributed by atoms with Gasteiger partial charge in [-0.1, -0.05) is 0 Å². The standard InChI is InChI=1S/C16H27N5/c1-16(2,3)20-15(17)19-12-13-7-8-18-14(11-13)21-9-5-4-6-10-21/h7-8,11H,4-6,9-10,12H2,1-3H3,(H3,17,19,20). The molecule has 0 saturated carbocycles. The minimum Gasteiger partial charge on any atom is -0.370 e. The zero-order valence-corrected chi connectivity index (χ0v) is 13.4. The van der Waals surface area contributed by atoms with Crippen molar-refractivity contribution in [2.24, 2.45) is 10.7 Å². The van der Waals surface area contributed by atoms with Crippen molar-refractivity contribution in [1.82, 2.24) is 10.3 Å². The lowest BCUT2D eigenvalue weighted by Gasteiger charge is -2.27. The summed E-state index contributed by atoms with van der Waals surface area (Å²) in [6.45, 7) is 8.99. The van der Waals surface area contributed by atoms with Crippen molar-refractivity contribution >= 4 is 11.8 Å². The molecule has 21 heavy (non-hydrogen) atoms. The summed E-state index contributed by atoms with van der Waals surface area (Å²) in [7, 11) is 0. The molecule has 0 atom stereocenters. The maximum absolute atomic E-state index is 5.90. The second-order valence-electron chi connectivity index (χ2n) is 6.65. The van der Waals surface area contributed by atoms with Crippen molar-refractivity contribution in [2.75, 3.05) is 18.0 Å². The molecule has 0 unspecified atom stereocenters. The normalized spacial score (nSPS) is 16.9. The molecular weight excluding hydrogens is 262 g/mol. The number of piperidine rings is 1. The first-order valence-corrected chi connectivity index (χ1v) is 7.72. The highest BCUT2D eigenvalue weighted by molar-refractivity contribution is 5.78. The zero-order valence-electron chi connectivity index (χ0n) is 13.4. The lowest BCUT2D eigenvalue weighted by molar-refractivity contribution is 0.508. The van der Waals surface area contributed by atoms with Gasteiger partial charge < -0.3 is 16.0 Å². The van der Waals surface area contributed by atoms with Crippen LogP contribution in [0, 0.1) is 0 Å². The highest BCUT2D eigenvalue weighted by atomic mass is 15.2. The highest BCUT2D eigenvalue weighted by Gasteiger charge is 2.12. The summed E-state index contributed by atoms with van der Waals surface area (Å²) in [5.74, 6) is 1.54. The summed E-state index contributed by atoms with van der Waals surface area (Å²) in [6.07, 6.45) is 5.71. The van der Waals surface area contributed by atoms with E-state index < -0.39 is 0 Å². The fraction of sp³-hybridized carbons (Fsp3) is 0.625. The molecule has 1 aliphatic heterocycles. The number of pyridine rings is 1. The molecule has 0 bridgehead atoms. The quantitative estimate of drug-likeness (QED) is 0.662. The number of rotatable bonds is 3. The van der Waals surface area contributed by atoms with Gasteiger partial charge in [0.25, 0.3) is 0 Å². The fourth-order valence-corrected chi connectivity index (χ4v) is 2.46. The Hall–Kier alpha value is -1.78. The number of guanidine groups is 1. The van der Waals surface area contributed by atoms with Crippen LogP contribution in [0.5, 0.6) is 0 Å². The van der Waals surface area contributed by atoms with Crippen molar-refractivity contribution in [2.45, 2.75) is 52.1 Å². The Morgan fingerprint density at radius 1 is 1.33 bits per heavy atom. The third-order valence-electron chi connectivity index (χ3n) is 3.43. The van der Waals surface area contributed by atoms with Gasteiger partial charge in [-0.25, -0.2) is 9.98 Å². The van der Waals surface area contributed by atoms with Crippen molar-refractivity contribution in [3.63, 3.8) is 0 Å². The monoisotopic (exact) mass is 289 g/mol. The molecule has 5 nitrogen and oxygen atoms in total. The van der Waals surface area contributed by atoms with Gasteiger partial charge in [0.15, 0.2) is 5.96 Å². The molecule has 0 aliphatic carbocycles. The van der Waals surface area contributed by atoms with Crippen LogP contribution in [0.1, 0.15) is 45.6 Å². The first kappa shape index (κ1) is 15.6. The number of anilines is 1. The van der Waals surface area contributed by atoms with Crippen LogP contribution in [-0.2, 0) is 6.54 Å². The van der Waals surface area contributed by atoms with E-state index in [4.69, 9.17) is 5.73 Å². The van der Waals surface area contributed by atoms with E-state index in [1.54, 1.807) is 0 Å². The van der Waals surface area contributed by atoms with E-state index in [2.05, 4.69) is 47.0 Å². The molecule has 0 spiro atoms. The number of nitrogens with two attached hydrogens (primary N) is 1. The van der Waals surface area contributed by atoms with E-state index in [-0.39, 0.29) is 5.54 Å². The predicted octanol–water partition coefficient (Wildman–Crippen LogP) is 2.27. The van der Waals surface area contributed by atoms with Gasteiger partial charge in [0.2, 0.25) is 0 Å². The summed E-state index contributed by atoms with van der Waals surface area (Å²) in [4.78, 5) is 11.2. The first-order chi connectivity index (χ1) is 9.94. The summed E-state index contributed by atoms with van der Waals surface area (Å²) in [6, 6.07) is 4.13. The third-order valence-corrected chi connectivity index (χ3v) is 3.43. The molecule has 1 fully saturated rings. The van der Waals surface area contributed by atoms with E-state index in [0.29, 0.717) is 12.5 Å². The maximum Gasteiger partial charge on any atom is 0.189 e. The largest absolute Gasteiger partial charge is 0.370 e. The van der Waals surface area contributed by atoms with E-state index >= 15 is 0 Å². The summed E-state index contributed by atoms with van der Waals surface area (Å²) in [5, 5.41) is 3.17. The third kappa shape index (κ3) is 5.25. The number of hydrogen-bond acceptors (Lipinski definition) is 3. The smallest absolute Gasteiger partial charge is 0.189 e. The van der Waals surface area contributed by atoms with E-state index in [1.807, 2.05) is 12.3 Å². The van der Waals surface area contributed by atoms with Crippen molar-refractivity contribution in [3.8, 4) is 0 Å². The molecule has 0 amide bonds. The van der Waals surface area contributed by atoms with Crippen LogP contribution in [-0.4, -0.2) is 29.6 Å². The SMILES string of the molecule is CC(C)(C)NC(N)=NCc1ccnc(N2CCCCC2)c1. The van der Waals surface area contributed by atoms with Gasteiger partial charge in [0, 0.05) is 24.8 Å². The lowest BCUT2D eigenvalue weighted by Crippen LogP contribution is -2.44. The zero-order chi connectivity index (χ0) is 15.3. The Bertz CT molecular complexity index is 484. The Morgan fingerprint density at radius 3 is 2.71 bits per heavy atom. The lowest BCUT2D eigenvalue weighted by atomic mass is 10.1. The van der Waals surface area contributed by atoms with Gasteiger partial charge in [-0.3, -0.25) is 0 Å². The molecule has 1 aromatic rings. The Kier molecular flexibility index (Phi) is 5.04. The second kappa shape index (κ2) is 6.78. The van der Waals surface area contributed by atoms with Crippen LogP contribution in [0.2, 0.25) is 0 Å². The average Bonchev–Trinajstić information content (AvgIpc) is 2.45. The number of aromatic nitrogens is 1. The fourth-order valence-electron chi connectivity index (χ4n) is 2.46.